The van der Waals surface area contributed by atoms with Gasteiger partial charge in [0.1, 0.15) is 18.0 Å². The van der Waals surface area contributed by atoms with Crippen molar-refractivity contribution in [3.8, 4) is 17.1 Å². The number of rotatable bonds is 1. The fourth-order valence-electron chi connectivity index (χ4n) is 4.17. The Morgan fingerprint density at radius 1 is 1.25 bits per heavy atom. The summed E-state index contributed by atoms with van der Waals surface area (Å²) in [5.74, 6) is -0.363. The molecule has 7 nitrogen and oxygen atoms in total. The number of hydrogen-bond donors (Lipinski definition) is 2. The summed E-state index contributed by atoms with van der Waals surface area (Å²) in [6.45, 7) is 1.97. The number of cyclic esters (lactones) is 1. The van der Waals surface area contributed by atoms with Gasteiger partial charge in [-0.05, 0) is 42.3 Å². The van der Waals surface area contributed by atoms with Gasteiger partial charge in [0.2, 0.25) is 0 Å². The number of aromatic hydroxyl groups is 1. The minimum absolute atomic E-state index is 0.144. The van der Waals surface area contributed by atoms with Gasteiger partial charge in [-0.25, -0.2) is 4.98 Å². The van der Waals surface area contributed by atoms with E-state index in [9.17, 15) is 19.8 Å². The Kier molecular flexibility index (Phi) is 3.42. The summed E-state index contributed by atoms with van der Waals surface area (Å²) in [7, 11) is 0. The van der Waals surface area contributed by atoms with Crippen LogP contribution in [0.3, 0.4) is 0 Å². The third-order valence-corrected chi connectivity index (χ3v) is 5.75. The number of esters is 1. The number of pyridine rings is 2. The molecule has 0 bridgehead atoms. The average molecular weight is 378 g/mol. The number of hydrogen-bond acceptors (Lipinski definition) is 6. The van der Waals surface area contributed by atoms with Gasteiger partial charge < -0.3 is 19.5 Å². The predicted molar refractivity (Wildman–Crippen MR) is 101 cm³/mol. The minimum atomic E-state index is -1.44. The molecule has 0 saturated carbocycles. The van der Waals surface area contributed by atoms with Crippen molar-refractivity contribution in [2.45, 2.75) is 38.5 Å². The maximum atomic E-state index is 13.2. The average Bonchev–Trinajstić information content (AvgIpc) is 2.96. The molecular formula is C21H18N2O5. The van der Waals surface area contributed by atoms with E-state index in [0.717, 1.165) is 10.9 Å². The molecular weight excluding hydrogens is 360 g/mol. The molecule has 2 aliphatic heterocycles. The van der Waals surface area contributed by atoms with Gasteiger partial charge in [-0.2, -0.15) is 0 Å². The van der Waals surface area contributed by atoms with Crippen LogP contribution < -0.4 is 5.56 Å². The van der Waals surface area contributed by atoms with E-state index in [1.54, 1.807) is 35.8 Å². The molecule has 0 aliphatic carbocycles. The molecule has 2 aliphatic rings. The molecule has 0 radical (unpaired) electrons. The van der Waals surface area contributed by atoms with Crippen LogP contribution in [-0.2, 0) is 28.3 Å². The second-order valence-electron chi connectivity index (χ2n) is 7.41. The van der Waals surface area contributed by atoms with E-state index in [2.05, 4.69) is 4.98 Å². The number of phenols is 1. The number of phenolic OH excluding ortho intramolecular Hbond substituents is 1. The third-order valence-electron chi connectivity index (χ3n) is 5.75. The van der Waals surface area contributed by atoms with E-state index in [0.29, 0.717) is 34.6 Å². The van der Waals surface area contributed by atoms with E-state index in [4.69, 9.17) is 4.74 Å². The van der Waals surface area contributed by atoms with Crippen LogP contribution in [0.1, 0.15) is 36.5 Å². The molecule has 5 rings (SSSR count). The maximum absolute atomic E-state index is 13.2. The Morgan fingerprint density at radius 2 is 2.07 bits per heavy atom. The van der Waals surface area contributed by atoms with Crippen LogP contribution in [0.15, 0.2) is 35.1 Å². The van der Waals surface area contributed by atoms with Gasteiger partial charge in [0.05, 0.1) is 35.4 Å². The predicted octanol–water partition coefficient (Wildman–Crippen LogP) is 2.18. The molecule has 1 aromatic carbocycles. The second kappa shape index (κ2) is 5.65. The lowest BCUT2D eigenvalue weighted by atomic mass is 9.85. The van der Waals surface area contributed by atoms with E-state index < -0.39 is 11.6 Å². The lowest BCUT2D eigenvalue weighted by Crippen LogP contribution is -2.32. The zero-order chi connectivity index (χ0) is 19.6. The second-order valence-corrected chi connectivity index (χ2v) is 7.41. The van der Waals surface area contributed by atoms with Crippen molar-refractivity contribution in [1.29, 1.82) is 0 Å². The summed E-state index contributed by atoms with van der Waals surface area (Å²) in [6, 6.07) is 8.62. The molecule has 3 aromatic rings. The van der Waals surface area contributed by atoms with Crippen molar-refractivity contribution in [1.82, 2.24) is 9.55 Å². The van der Waals surface area contributed by atoms with Crippen LogP contribution in [0, 0.1) is 0 Å². The Balaban J connectivity index is 1.78. The topological polar surface area (TPSA) is 102 Å². The Hall–Kier alpha value is -3.19. The zero-order valence-corrected chi connectivity index (χ0v) is 15.2. The summed E-state index contributed by atoms with van der Waals surface area (Å²) >= 11 is 0. The fraction of sp³-hybridized carbons (Fsp3) is 0.286. The Labute approximate surface area is 159 Å². The molecule has 2 aromatic heterocycles. The fourth-order valence-corrected chi connectivity index (χ4v) is 4.17. The summed E-state index contributed by atoms with van der Waals surface area (Å²) in [6.07, 6.45) is 0.103. The van der Waals surface area contributed by atoms with E-state index in [1.165, 1.54) is 0 Å². The van der Waals surface area contributed by atoms with Crippen LogP contribution in [0.5, 0.6) is 5.75 Å². The molecule has 0 fully saturated rings. The minimum Gasteiger partial charge on any atom is -0.508 e. The monoisotopic (exact) mass is 378 g/mol. The SMILES string of the molecule is CCC1(O)CC(=O)OCc2c1cc1n(c2=O)Cc2cc3cc(O)ccc3nc2-1. The lowest BCUT2D eigenvalue weighted by Gasteiger charge is -2.26. The summed E-state index contributed by atoms with van der Waals surface area (Å²) in [4.78, 5) is 29.8. The molecule has 0 saturated heterocycles. The Morgan fingerprint density at radius 3 is 2.86 bits per heavy atom. The highest BCUT2D eigenvalue weighted by molar-refractivity contribution is 5.85. The van der Waals surface area contributed by atoms with Crippen molar-refractivity contribution < 1.29 is 19.7 Å². The van der Waals surface area contributed by atoms with E-state index >= 15 is 0 Å². The standard InChI is InChI=1S/C21H18N2O5/c1-2-21(27)8-18(25)28-10-14-15(21)7-17-19-12(9-23(17)20(14)26)5-11-6-13(24)3-4-16(11)22-19/h3-7,24,27H,2,8-10H2,1H3. The van der Waals surface area contributed by atoms with Crippen molar-refractivity contribution in [2.24, 2.45) is 0 Å². The first-order chi connectivity index (χ1) is 13.4. The maximum Gasteiger partial charge on any atom is 0.309 e. The van der Waals surface area contributed by atoms with Gasteiger partial charge in [0, 0.05) is 10.9 Å². The normalized spacial score (nSPS) is 20.3. The number of aliphatic hydroxyl groups is 1. The molecule has 142 valence electrons. The van der Waals surface area contributed by atoms with Gasteiger partial charge in [-0.1, -0.05) is 6.92 Å². The van der Waals surface area contributed by atoms with E-state index in [1.807, 2.05) is 6.07 Å². The molecule has 28 heavy (non-hydrogen) atoms. The number of fused-ring (bicyclic) bond motifs is 5. The van der Waals surface area contributed by atoms with Crippen molar-refractivity contribution >= 4 is 16.9 Å². The van der Waals surface area contributed by atoms with Gasteiger partial charge in [0.15, 0.2) is 0 Å². The lowest BCUT2D eigenvalue weighted by molar-refractivity contribution is -0.149. The highest BCUT2D eigenvalue weighted by atomic mass is 16.5. The zero-order valence-electron chi connectivity index (χ0n) is 15.2. The first-order valence-electron chi connectivity index (χ1n) is 9.18. The number of carbonyl (C=O) groups excluding carboxylic acids is 1. The van der Waals surface area contributed by atoms with Crippen LogP contribution in [0.25, 0.3) is 22.3 Å². The smallest absolute Gasteiger partial charge is 0.309 e. The van der Waals surface area contributed by atoms with Crippen LogP contribution >= 0.6 is 0 Å². The van der Waals surface area contributed by atoms with Crippen LogP contribution in [0.4, 0.5) is 0 Å². The quantitative estimate of drug-likeness (QED) is 0.492. The van der Waals surface area contributed by atoms with Crippen molar-refractivity contribution in [3.63, 3.8) is 0 Å². The highest BCUT2D eigenvalue weighted by Crippen LogP contribution is 2.39. The first kappa shape index (κ1) is 16.9. The van der Waals surface area contributed by atoms with Crippen molar-refractivity contribution in [2.75, 3.05) is 0 Å². The van der Waals surface area contributed by atoms with Gasteiger partial charge in [-0.15, -0.1) is 0 Å². The number of ether oxygens (including phenoxy) is 1. The molecule has 0 spiro atoms. The molecule has 7 heteroatoms. The van der Waals surface area contributed by atoms with Gasteiger partial charge in [-0.3, -0.25) is 9.59 Å². The largest absolute Gasteiger partial charge is 0.508 e. The van der Waals surface area contributed by atoms with Gasteiger partial charge in [0.25, 0.3) is 5.56 Å². The molecule has 0 amide bonds. The number of benzene rings is 1. The van der Waals surface area contributed by atoms with Crippen LogP contribution in [-0.4, -0.2) is 25.7 Å². The number of aromatic nitrogens is 2. The summed E-state index contributed by atoms with van der Waals surface area (Å²) < 4.78 is 6.77. The molecule has 1 unspecified atom stereocenters. The summed E-state index contributed by atoms with van der Waals surface area (Å²) in [5.41, 5.74) is 1.90. The molecule has 1 atom stereocenters. The van der Waals surface area contributed by atoms with Gasteiger partial charge >= 0.3 is 5.97 Å². The Bertz CT molecular complexity index is 1230. The van der Waals surface area contributed by atoms with Crippen LogP contribution in [0.2, 0.25) is 0 Å². The molecule has 2 N–H and O–H groups in total. The number of carbonyl (C=O) groups is 1. The molecule has 4 heterocycles. The van der Waals surface area contributed by atoms with E-state index in [-0.39, 0.29) is 30.8 Å². The highest BCUT2D eigenvalue weighted by Gasteiger charge is 2.39. The third kappa shape index (κ3) is 2.29. The van der Waals surface area contributed by atoms with Crippen molar-refractivity contribution in [3.05, 3.63) is 57.4 Å². The first-order valence-corrected chi connectivity index (χ1v) is 9.18. The number of nitrogens with zero attached hydrogens (tertiary/aromatic N) is 2. The summed E-state index contributed by atoms with van der Waals surface area (Å²) in [5, 5.41) is 21.6.